The lowest BCUT2D eigenvalue weighted by Gasteiger charge is -2.16. The second-order valence-electron chi connectivity index (χ2n) is 4.87. The van der Waals surface area contributed by atoms with Crippen LogP contribution in [0, 0.1) is 6.92 Å². The molecule has 17 heavy (non-hydrogen) atoms. The number of ether oxygens (including phenoxy) is 1. The second-order valence-corrected chi connectivity index (χ2v) is 5.94. The van der Waals surface area contributed by atoms with E-state index in [2.05, 4.69) is 29.2 Å². The largest absolute Gasteiger partial charge is 0.378 e. The summed E-state index contributed by atoms with van der Waals surface area (Å²) < 4.78 is 5.63. The molecular formula is C13H22N2OS. The first kappa shape index (κ1) is 13.0. The summed E-state index contributed by atoms with van der Waals surface area (Å²) in [6.45, 7) is 5.14. The zero-order valence-electron chi connectivity index (χ0n) is 10.8. The predicted molar refractivity (Wildman–Crippen MR) is 71.4 cm³/mol. The van der Waals surface area contributed by atoms with Crippen molar-refractivity contribution in [1.29, 1.82) is 0 Å². The summed E-state index contributed by atoms with van der Waals surface area (Å²) in [4.78, 5) is 6.84. The predicted octanol–water partition coefficient (Wildman–Crippen LogP) is 2.84. The lowest BCUT2D eigenvalue weighted by molar-refractivity contribution is 0.0995. The van der Waals surface area contributed by atoms with Crippen molar-refractivity contribution in [2.24, 2.45) is 0 Å². The molecule has 1 aromatic heterocycles. The molecular weight excluding hydrogens is 232 g/mol. The van der Waals surface area contributed by atoms with E-state index in [1.54, 1.807) is 11.3 Å². The minimum atomic E-state index is 0.532. The third-order valence-corrected chi connectivity index (χ3v) is 4.01. The summed E-state index contributed by atoms with van der Waals surface area (Å²) >= 11 is 1.73. The van der Waals surface area contributed by atoms with Crippen LogP contribution in [-0.4, -0.2) is 36.2 Å². The molecule has 96 valence electrons. The van der Waals surface area contributed by atoms with Gasteiger partial charge in [0.1, 0.15) is 0 Å². The summed E-state index contributed by atoms with van der Waals surface area (Å²) in [5, 5.41) is 3.32. The first-order chi connectivity index (χ1) is 8.24. The number of aromatic nitrogens is 1. The molecule has 0 amide bonds. The van der Waals surface area contributed by atoms with Crippen LogP contribution in [-0.2, 0) is 11.3 Å². The molecule has 4 heteroatoms. The molecule has 0 aliphatic carbocycles. The lowest BCUT2D eigenvalue weighted by Crippen LogP contribution is -2.20. The molecule has 1 aliphatic heterocycles. The zero-order valence-corrected chi connectivity index (χ0v) is 11.6. The van der Waals surface area contributed by atoms with Gasteiger partial charge in [0.05, 0.1) is 16.8 Å². The van der Waals surface area contributed by atoms with Crippen LogP contribution in [0.25, 0.3) is 0 Å². The van der Waals surface area contributed by atoms with Crippen LogP contribution in [0.15, 0.2) is 5.38 Å². The van der Waals surface area contributed by atoms with Gasteiger partial charge in [0.15, 0.2) is 0 Å². The van der Waals surface area contributed by atoms with Gasteiger partial charge in [-0.15, -0.1) is 11.3 Å². The molecule has 0 saturated carbocycles. The number of nitrogens with zero attached hydrogens (tertiary/aromatic N) is 2. The highest BCUT2D eigenvalue weighted by Gasteiger charge is 2.15. The van der Waals surface area contributed by atoms with Crippen molar-refractivity contribution in [1.82, 2.24) is 9.88 Å². The number of hydrogen-bond acceptors (Lipinski definition) is 4. The molecule has 1 saturated heterocycles. The number of hydrogen-bond donors (Lipinski definition) is 0. The van der Waals surface area contributed by atoms with Crippen molar-refractivity contribution in [3.63, 3.8) is 0 Å². The van der Waals surface area contributed by atoms with Crippen LogP contribution in [0.4, 0.5) is 0 Å². The van der Waals surface area contributed by atoms with Crippen LogP contribution in [0.1, 0.15) is 36.4 Å². The molecule has 0 spiro atoms. The van der Waals surface area contributed by atoms with Gasteiger partial charge in [-0.3, -0.25) is 0 Å². The second kappa shape index (κ2) is 6.47. The van der Waals surface area contributed by atoms with Gasteiger partial charge in [-0.05, 0) is 46.2 Å². The molecule has 1 aliphatic rings. The summed E-state index contributed by atoms with van der Waals surface area (Å²) in [5.41, 5.74) is 1.20. The molecule has 1 aromatic rings. The molecule has 1 unspecified atom stereocenters. The highest BCUT2D eigenvalue weighted by atomic mass is 32.1. The SMILES string of the molecule is Cc1nc(CN(C)CCCC2CCCO2)cs1. The Bertz CT molecular complexity index is 334. The average Bonchev–Trinajstić information content (AvgIpc) is 2.90. The summed E-state index contributed by atoms with van der Waals surface area (Å²) in [7, 11) is 2.17. The van der Waals surface area contributed by atoms with Crippen molar-refractivity contribution in [2.45, 2.75) is 45.3 Å². The van der Waals surface area contributed by atoms with Crippen molar-refractivity contribution in [3.8, 4) is 0 Å². The smallest absolute Gasteiger partial charge is 0.0897 e. The molecule has 3 nitrogen and oxygen atoms in total. The standard InChI is InChI=1S/C13H22N2OS/c1-11-14-12(10-17-11)9-15(2)7-3-5-13-6-4-8-16-13/h10,13H,3-9H2,1-2H3. The van der Waals surface area contributed by atoms with Gasteiger partial charge < -0.3 is 9.64 Å². The zero-order chi connectivity index (χ0) is 12.1. The lowest BCUT2D eigenvalue weighted by atomic mass is 10.1. The third-order valence-electron chi connectivity index (χ3n) is 3.19. The average molecular weight is 254 g/mol. The topological polar surface area (TPSA) is 25.4 Å². The Balaban J connectivity index is 1.61. The van der Waals surface area contributed by atoms with Gasteiger partial charge >= 0.3 is 0 Å². The van der Waals surface area contributed by atoms with Gasteiger partial charge in [-0.2, -0.15) is 0 Å². The maximum atomic E-state index is 5.63. The molecule has 0 bridgehead atoms. The fourth-order valence-electron chi connectivity index (χ4n) is 2.30. The summed E-state index contributed by atoms with van der Waals surface area (Å²) in [6, 6.07) is 0. The van der Waals surface area contributed by atoms with Crippen molar-refractivity contribution in [3.05, 3.63) is 16.1 Å². The van der Waals surface area contributed by atoms with E-state index < -0.39 is 0 Å². The Labute approximate surface area is 108 Å². The van der Waals surface area contributed by atoms with E-state index in [9.17, 15) is 0 Å². The quantitative estimate of drug-likeness (QED) is 0.780. The van der Waals surface area contributed by atoms with E-state index >= 15 is 0 Å². The Hall–Kier alpha value is -0.450. The minimum absolute atomic E-state index is 0.532. The van der Waals surface area contributed by atoms with Crippen molar-refractivity contribution < 1.29 is 4.74 Å². The first-order valence-electron chi connectivity index (χ1n) is 6.45. The van der Waals surface area contributed by atoms with Gasteiger partial charge in [0.25, 0.3) is 0 Å². The van der Waals surface area contributed by atoms with E-state index in [-0.39, 0.29) is 0 Å². The fourth-order valence-corrected chi connectivity index (χ4v) is 2.90. The Kier molecular flexibility index (Phi) is 4.95. The molecule has 1 fully saturated rings. The summed E-state index contributed by atoms with van der Waals surface area (Å²) in [6.07, 6.45) is 5.48. The van der Waals surface area contributed by atoms with E-state index in [1.165, 1.54) is 31.4 Å². The van der Waals surface area contributed by atoms with Crippen LogP contribution >= 0.6 is 11.3 Å². The molecule has 1 atom stereocenters. The van der Waals surface area contributed by atoms with Gasteiger partial charge in [-0.1, -0.05) is 0 Å². The Morgan fingerprint density at radius 2 is 2.47 bits per heavy atom. The molecule has 2 rings (SSSR count). The Morgan fingerprint density at radius 3 is 3.12 bits per heavy atom. The van der Waals surface area contributed by atoms with Gasteiger partial charge in [0, 0.05) is 18.5 Å². The first-order valence-corrected chi connectivity index (χ1v) is 7.33. The van der Waals surface area contributed by atoms with Gasteiger partial charge in [0.2, 0.25) is 0 Å². The molecule has 0 aromatic carbocycles. The van der Waals surface area contributed by atoms with Crippen LogP contribution < -0.4 is 0 Å². The van der Waals surface area contributed by atoms with Crippen LogP contribution in [0.2, 0.25) is 0 Å². The Morgan fingerprint density at radius 1 is 1.59 bits per heavy atom. The maximum absolute atomic E-state index is 5.63. The molecule has 2 heterocycles. The third kappa shape index (κ3) is 4.37. The number of aryl methyl sites for hydroxylation is 1. The van der Waals surface area contributed by atoms with Crippen molar-refractivity contribution in [2.75, 3.05) is 20.2 Å². The van der Waals surface area contributed by atoms with Crippen molar-refractivity contribution >= 4 is 11.3 Å². The number of rotatable bonds is 6. The van der Waals surface area contributed by atoms with Crippen LogP contribution in [0.5, 0.6) is 0 Å². The minimum Gasteiger partial charge on any atom is -0.378 e. The fraction of sp³-hybridized carbons (Fsp3) is 0.769. The highest BCUT2D eigenvalue weighted by molar-refractivity contribution is 7.09. The van der Waals surface area contributed by atoms with E-state index in [1.807, 2.05) is 0 Å². The van der Waals surface area contributed by atoms with E-state index in [0.29, 0.717) is 6.10 Å². The van der Waals surface area contributed by atoms with E-state index in [0.717, 1.165) is 24.7 Å². The number of thiazole rings is 1. The highest BCUT2D eigenvalue weighted by Crippen LogP contribution is 2.17. The maximum Gasteiger partial charge on any atom is 0.0897 e. The van der Waals surface area contributed by atoms with E-state index in [4.69, 9.17) is 4.74 Å². The van der Waals surface area contributed by atoms with Crippen LogP contribution in [0.3, 0.4) is 0 Å². The molecule has 0 N–H and O–H groups in total. The van der Waals surface area contributed by atoms with Gasteiger partial charge in [-0.25, -0.2) is 4.98 Å². The summed E-state index contributed by atoms with van der Waals surface area (Å²) in [5.74, 6) is 0. The normalized spacial score (nSPS) is 20.3. The monoisotopic (exact) mass is 254 g/mol. The molecule has 0 radical (unpaired) electrons.